The van der Waals surface area contributed by atoms with Crippen molar-refractivity contribution in [3.8, 4) is 5.75 Å². The number of rotatable bonds is 11. The highest BCUT2D eigenvalue weighted by Gasteiger charge is 2.25. The largest absolute Gasteiger partial charge is 0.484 e. The summed E-state index contributed by atoms with van der Waals surface area (Å²) in [6.07, 6.45) is 0.621. The molecule has 0 radical (unpaired) electrons. The molecular weight excluding hydrogens is 460 g/mol. The van der Waals surface area contributed by atoms with Crippen molar-refractivity contribution in [2.24, 2.45) is 5.73 Å². The number of carbonyl (C=O) groups excluding carboxylic acids is 2. The van der Waals surface area contributed by atoms with E-state index >= 15 is 0 Å². The quantitative estimate of drug-likeness (QED) is 0.227. The second kappa shape index (κ2) is 11.1. The van der Waals surface area contributed by atoms with Crippen LogP contribution in [0.15, 0.2) is 18.2 Å². The average molecular weight is 490 g/mol. The number of hydrogen-bond donors (Lipinski definition) is 4. The van der Waals surface area contributed by atoms with E-state index in [2.05, 4.69) is 24.4 Å². The number of nitrogens with one attached hydrogen (secondary N) is 1. The minimum atomic E-state index is -0.269. The van der Waals surface area contributed by atoms with Crippen LogP contribution in [-0.4, -0.2) is 45.9 Å². The van der Waals surface area contributed by atoms with E-state index < -0.39 is 0 Å². The predicted octanol–water partition coefficient (Wildman–Crippen LogP) is 0.846. The number of ether oxygens (including phenoxy) is 1. The fourth-order valence-corrected chi connectivity index (χ4v) is 3.97. The molecular formula is C22H30ClN8O3+. The Balaban J connectivity index is 1.85. The summed E-state index contributed by atoms with van der Waals surface area (Å²) in [6, 6.07) is 5.68. The van der Waals surface area contributed by atoms with Gasteiger partial charge in [0.25, 0.3) is 11.7 Å². The summed E-state index contributed by atoms with van der Waals surface area (Å²) in [6.45, 7) is 6.14. The minimum Gasteiger partial charge on any atom is -0.484 e. The molecule has 0 bridgehead atoms. The Morgan fingerprint density at radius 3 is 2.65 bits per heavy atom. The number of nitrogens with zero attached hydrogens (tertiary/aromatic N) is 4. The third-order valence-electron chi connectivity index (χ3n) is 5.37. The Morgan fingerprint density at radius 1 is 1.21 bits per heavy atom. The predicted molar refractivity (Wildman–Crippen MR) is 130 cm³/mol. The van der Waals surface area contributed by atoms with Crippen LogP contribution in [0.4, 0.5) is 11.6 Å². The number of benzene rings is 1. The number of aromatic nitrogens is 4. The molecule has 2 heterocycles. The molecule has 0 saturated carbocycles. The monoisotopic (exact) mass is 489 g/mol. The van der Waals surface area contributed by atoms with Gasteiger partial charge in [-0.05, 0) is 26.0 Å². The number of imidazole rings is 1. The van der Waals surface area contributed by atoms with Gasteiger partial charge in [-0.3, -0.25) is 9.59 Å². The van der Waals surface area contributed by atoms with Gasteiger partial charge in [-0.1, -0.05) is 11.6 Å². The van der Waals surface area contributed by atoms with Gasteiger partial charge >= 0.3 is 0 Å². The number of nitrogens with two attached hydrogens (primary N) is 3. The molecule has 0 unspecified atom stereocenters. The van der Waals surface area contributed by atoms with Crippen LogP contribution in [0.1, 0.15) is 36.6 Å². The number of halogens is 1. The van der Waals surface area contributed by atoms with Gasteiger partial charge in [-0.2, -0.15) is 0 Å². The van der Waals surface area contributed by atoms with Crippen LogP contribution in [0, 0.1) is 0 Å². The lowest BCUT2D eigenvalue weighted by Crippen LogP contribution is -2.37. The van der Waals surface area contributed by atoms with Gasteiger partial charge in [0.05, 0.1) is 19.5 Å². The van der Waals surface area contributed by atoms with E-state index in [0.29, 0.717) is 38.3 Å². The Labute approximate surface area is 202 Å². The summed E-state index contributed by atoms with van der Waals surface area (Å²) in [5.74, 6) is 0.996. The summed E-state index contributed by atoms with van der Waals surface area (Å²) < 4.78 is 9.94. The van der Waals surface area contributed by atoms with Crippen molar-refractivity contribution in [2.45, 2.75) is 39.8 Å². The maximum Gasteiger partial charge on any atom is 0.257 e. The molecule has 0 aliphatic rings. The first-order chi connectivity index (χ1) is 16.3. The molecule has 1 aromatic carbocycles. The van der Waals surface area contributed by atoms with Crippen molar-refractivity contribution in [3.63, 3.8) is 0 Å². The van der Waals surface area contributed by atoms with E-state index in [1.807, 2.05) is 32.0 Å². The van der Waals surface area contributed by atoms with Crippen molar-refractivity contribution in [1.82, 2.24) is 19.9 Å². The van der Waals surface area contributed by atoms with Gasteiger partial charge in [0, 0.05) is 25.6 Å². The highest BCUT2D eigenvalue weighted by Crippen LogP contribution is 2.23. The molecule has 0 fully saturated rings. The molecule has 3 aromatic rings. The molecule has 0 atom stereocenters. The number of amides is 1. The summed E-state index contributed by atoms with van der Waals surface area (Å²) in [4.78, 5) is 32.6. The summed E-state index contributed by atoms with van der Waals surface area (Å²) in [7, 11) is 0. The van der Waals surface area contributed by atoms with Crippen molar-refractivity contribution < 1.29 is 18.9 Å². The lowest BCUT2D eigenvalue weighted by molar-refractivity contribution is -0.676. The standard InChI is InChI=1S/C22H29ClN8O3/c1-3-30-14-6-5-13(34-12-17(33)27-10-9-24)11-15(14)31(4-2)18(30)8-7-16(32)19-21(25)29-22(26)20(23)28-19/h5-6,11H,3-4,7-10,12,24H2,1-2H3,(H4-,25,26,27,29,32,33)/p+1. The van der Waals surface area contributed by atoms with E-state index in [4.69, 9.17) is 33.5 Å². The molecule has 11 nitrogen and oxygen atoms in total. The zero-order valence-corrected chi connectivity index (χ0v) is 20.1. The van der Waals surface area contributed by atoms with Crippen LogP contribution in [-0.2, 0) is 24.3 Å². The van der Waals surface area contributed by atoms with Crippen molar-refractivity contribution in [1.29, 1.82) is 0 Å². The topological polar surface area (TPSA) is 168 Å². The Hall–Kier alpha value is -3.44. The van der Waals surface area contributed by atoms with E-state index in [9.17, 15) is 9.59 Å². The molecule has 0 aliphatic carbocycles. The molecule has 182 valence electrons. The Morgan fingerprint density at radius 2 is 1.97 bits per heavy atom. The smallest absolute Gasteiger partial charge is 0.257 e. The molecule has 0 spiro atoms. The van der Waals surface area contributed by atoms with E-state index in [0.717, 1.165) is 16.9 Å². The summed E-state index contributed by atoms with van der Waals surface area (Å²) in [5, 5.41) is 2.62. The zero-order valence-electron chi connectivity index (χ0n) is 19.3. The van der Waals surface area contributed by atoms with E-state index in [1.54, 1.807) is 0 Å². The highest BCUT2D eigenvalue weighted by molar-refractivity contribution is 6.31. The van der Waals surface area contributed by atoms with Crippen LogP contribution in [0.25, 0.3) is 11.0 Å². The number of nitrogen functional groups attached to an aromatic ring is 2. The number of ketones is 1. The van der Waals surface area contributed by atoms with Crippen molar-refractivity contribution >= 4 is 46.0 Å². The van der Waals surface area contributed by atoms with E-state index in [1.165, 1.54) is 0 Å². The number of carbonyl (C=O) groups is 2. The average Bonchev–Trinajstić information content (AvgIpc) is 3.13. The second-order valence-electron chi connectivity index (χ2n) is 7.54. The first-order valence-corrected chi connectivity index (χ1v) is 11.4. The number of fused-ring (bicyclic) bond motifs is 1. The fourth-order valence-electron chi connectivity index (χ4n) is 3.84. The highest BCUT2D eigenvalue weighted by atomic mass is 35.5. The Bertz CT molecular complexity index is 1210. The molecule has 7 N–H and O–H groups in total. The maximum absolute atomic E-state index is 12.8. The van der Waals surface area contributed by atoms with Gasteiger partial charge in [0.15, 0.2) is 40.2 Å². The fraction of sp³-hybridized carbons (Fsp3) is 0.409. The zero-order chi connectivity index (χ0) is 24.8. The van der Waals surface area contributed by atoms with Gasteiger partial charge in [-0.15, -0.1) is 0 Å². The van der Waals surface area contributed by atoms with Crippen LogP contribution in [0.5, 0.6) is 5.75 Å². The first-order valence-electron chi connectivity index (χ1n) is 11.1. The minimum absolute atomic E-state index is 0.0134. The third-order valence-corrected chi connectivity index (χ3v) is 5.64. The van der Waals surface area contributed by atoms with Crippen LogP contribution in [0.2, 0.25) is 5.15 Å². The Kier molecular flexibility index (Phi) is 8.24. The number of anilines is 2. The molecule has 34 heavy (non-hydrogen) atoms. The molecule has 12 heteroatoms. The molecule has 1 amide bonds. The normalized spacial score (nSPS) is 11.1. The SMILES string of the molecule is CCn1c(CCC(=O)c2nc(Cl)c(N)nc2N)[n+](CC)c2ccc(OCC(=O)NCCN)cc21. The number of hydrogen-bond acceptors (Lipinski definition) is 8. The van der Waals surface area contributed by atoms with Crippen LogP contribution >= 0.6 is 11.6 Å². The van der Waals surface area contributed by atoms with Crippen LogP contribution < -0.4 is 31.8 Å². The van der Waals surface area contributed by atoms with Gasteiger partial charge in [0.1, 0.15) is 11.4 Å². The number of aryl methyl sites for hydroxylation is 2. The van der Waals surface area contributed by atoms with Gasteiger partial charge in [0.2, 0.25) is 0 Å². The van der Waals surface area contributed by atoms with Crippen molar-refractivity contribution in [2.75, 3.05) is 31.2 Å². The third kappa shape index (κ3) is 5.37. The lowest BCUT2D eigenvalue weighted by atomic mass is 10.1. The number of Topliss-reactive ketones (excluding diaryl/α,β-unsaturated/α-hetero) is 1. The molecule has 2 aromatic heterocycles. The molecule has 3 rings (SSSR count). The second-order valence-corrected chi connectivity index (χ2v) is 7.90. The molecule has 0 saturated heterocycles. The lowest BCUT2D eigenvalue weighted by Gasteiger charge is -2.06. The van der Waals surface area contributed by atoms with Crippen molar-refractivity contribution in [3.05, 3.63) is 34.9 Å². The summed E-state index contributed by atoms with van der Waals surface area (Å²) in [5.41, 5.74) is 18.8. The first kappa shape index (κ1) is 25.2. The van der Waals surface area contributed by atoms with E-state index in [-0.39, 0.29) is 47.2 Å². The van der Waals surface area contributed by atoms with Gasteiger partial charge < -0.3 is 27.3 Å². The maximum atomic E-state index is 12.8. The summed E-state index contributed by atoms with van der Waals surface area (Å²) >= 11 is 5.92. The molecule has 0 aliphatic heterocycles. The van der Waals surface area contributed by atoms with Gasteiger partial charge in [-0.25, -0.2) is 19.1 Å². The van der Waals surface area contributed by atoms with Crippen LogP contribution in [0.3, 0.4) is 0 Å².